The van der Waals surface area contributed by atoms with Gasteiger partial charge in [0.05, 0.1) is 0 Å². The van der Waals surface area contributed by atoms with Gasteiger partial charge in [-0.3, -0.25) is 0 Å². The van der Waals surface area contributed by atoms with Crippen LogP contribution in [0.1, 0.15) is 21.5 Å². The van der Waals surface area contributed by atoms with Gasteiger partial charge in [-0.15, -0.1) is 18.6 Å². The summed E-state index contributed by atoms with van der Waals surface area (Å²) in [4.78, 5) is 12.0. The molecule has 0 N–H and O–H groups in total. The molecule has 0 heterocycles. The molecular formula is C19H14FeO-6. The number of rotatable bonds is 2. The van der Waals surface area contributed by atoms with Gasteiger partial charge in [-0.25, -0.2) is 0 Å². The Bertz CT molecular complexity index is 668. The number of hydrogen-bond acceptors (Lipinski definition) is 1. The van der Waals surface area contributed by atoms with Gasteiger partial charge in [0.2, 0.25) is 0 Å². The van der Waals surface area contributed by atoms with E-state index < -0.39 is 0 Å². The molecule has 110 valence electrons. The predicted octanol–water partition coefficient (Wildman–Crippen LogP) is 4.02. The maximum absolute atomic E-state index is 12.0. The first-order valence-corrected chi connectivity index (χ1v) is 6.31. The van der Waals surface area contributed by atoms with Crippen LogP contribution in [0.3, 0.4) is 0 Å². The number of ketones is 1. The normalized spacial score (nSPS) is 8.71. The van der Waals surface area contributed by atoms with Crippen molar-refractivity contribution in [3.8, 4) is 12.3 Å². The first-order valence-electron chi connectivity index (χ1n) is 6.31. The van der Waals surface area contributed by atoms with Crippen molar-refractivity contribution in [2.45, 2.75) is 0 Å². The van der Waals surface area contributed by atoms with Crippen molar-refractivity contribution in [3.05, 3.63) is 95.6 Å². The summed E-state index contributed by atoms with van der Waals surface area (Å²) in [5, 5.41) is 0. The van der Waals surface area contributed by atoms with E-state index in [2.05, 4.69) is 5.92 Å². The summed E-state index contributed by atoms with van der Waals surface area (Å²) in [6.45, 7) is 0. The van der Waals surface area contributed by atoms with Crippen LogP contribution in [0.5, 0.6) is 0 Å². The summed E-state index contributed by atoms with van der Waals surface area (Å²) in [7, 11) is 0. The smallest absolute Gasteiger partial charge is 0.113 e. The average molecular weight is 314 g/mol. The van der Waals surface area contributed by atoms with Crippen molar-refractivity contribution in [2.75, 3.05) is 0 Å². The van der Waals surface area contributed by atoms with Gasteiger partial charge in [-0.1, -0.05) is 35.7 Å². The van der Waals surface area contributed by atoms with Crippen molar-refractivity contribution in [1.82, 2.24) is 0 Å². The Balaban J connectivity index is 0.000000313. The molecule has 0 amide bonds. The molecule has 0 aliphatic rings. The molecule has 0 saturated carbocycles. The second-order valence-electron chi connectivity index (χ2n) is 4.15. The van der Waals surface area contributed by atoms with E-state index >= 15 is 0 Å². The summed E-state index contributed by atoms with van der Waals surface area (Å²) < 4.78 is 0. The number of carbonyl (C=O) groups excluding carboxylic acids is 1. The van der Waals surface area contributed by atoms with Gasteiger partial charge in [0, 0.05) is 17.1 Å². The van der Waals surface area contributed by atoms with E-state index in [9.17, 15) is 4.79 Å². The molecule has 0 aromatic heterocycles. The molecule has 0 aliphatic carbocycles. The second kappa shape index (κ2) is 8.76. The molecular weight excluding hydrogens is 300 g/mol. The van der Waals surface area contributed by atoms with Gasteiger partial charge in [0.15, 0.2) is 0 Å². The van der Waals surface area contributed by atoms with Gasteiger partial charge >= 0.3 is 0 Å². The molecule has 0 spiro atoms. The molecule has 3 aromatic rings. The van der Waals surface area contributed by atoms with Crippen LogP contribution in [-0.4, -0.2) is 5.78 Å². The molecule has 0 aliphatic heterocycles. The topological polar surface area (TPSA) is 17.1 Å². The minimum absolute atomic E-state index is 0. The van der Waals surface area contributed by atoms with Crippen molar-refractivity contribution in [3.63, 3.8) is 0 Å². The van der Waals surface area contributed by atoms with Crippen molar-refractivity contribution >= 4 is 5.78 Å². The number of carbonyl (C=O) groups is 1. The van der Waals surface area contributed by atoms with E-state index in [1.165, 1.54) is 0 Å². The third-order valence-electron chi connectivity index (χ3n) is 2.81. The maximum atomic E-state index is 12.0. The van der Waals surface area contributed by atoms with Crippen molar-refractivity contribution in [2.24, 2.45) is 0 Å². The van der Waals surface area contributed by atoms with E-state index in [-0.39, 0.29) is 22.9 Å². The summed E-state index contributed by atoms with van der Waals surface area (Å²) in [5.41, 5.74) is 1.91. The van der Waals surface area contributed by atoms with Gasteiger partial charge in [0.1, 0.15) is 5.78 Å². The number of terminal acetylenes is 1. The molecule has 3 aromatic carbocycles. The zero-order chi connectivity index (χ0) is 14.2. The molecule has 21 heavy (non-hydrogen) atoms. The third-order valence-corrected chi connectivity index (χ3v) is 2.81. The maximum Gasteiger partial charge on any atom is 0.113 e. The van der Waals surface area contributed by atoms with Crippen LogP contribution in [0.25, 0.3) is 0 Å². The Morgan fingerprint density at radius 1 is 0.952 bits per heavy atom. The van der Waals surface area contributed by atoms with E-state index in [0.29, 0.717) is 16.7 Å². The Morgan fingerprint density at radius 3 is 2.00 bits per heavy atom. The molecule has 3 rings (SSSR count). The monoisotopic (exact) mass is 314 g/mol. The van der Waals surface area contributed by atoms with E-state index in [4.69, 9.17) is 6.42 Å². The minimum Gasteiger partial charge on any atom is -0.748 e. The molecule has 0 fully saturated rings. The summed E-state index contributed by atoms with van der Waals surface area (Å²) in [5.74, 6) is 2.50. The van der Waals surface area contributed by atoms with E-state index in [0.717, 1.165) is 0 Å². The molecule has 0 radical (unpaired) electrons. The largest absolute Gasteiger partial charge is 0.748 e. The Kier molecular flexibility index (Phi) is 6.98. The summed E-state index contributed by atoms with van der Waals surface area (Å²) in [6.07, 6.45) is 5.34. The standard InChI is InChI=1S/C14H9O.C5H5.Fe/c1-2-11-7-5-6-10-13(11)14(15)12-8-3-4-9-12;1-2-4-5-3-1;/h1,3-10H;1-5H;/q-1;-5;. The van der Waals surface area contributed by atoms with E-state index in [1.54, 1.807) is 24.3 Å². The minimum atomic E-state index is -0.0199. The molecule has 0 bridgehead atoms. The van der Waals surface area contributed by atoms with Crippen LogP contribution >= 0.6 is 0 Å². The average Bonchev–Trinajstić information content (AvgIpc) is 3.21. The number of benzene rings is 1. The zero-order valence-electron chi connectivity index (χ0n) is 11.3. The van der Waals surface area contributed by atoms with Crippen LogP contribution in [0.15, 0.2) is 78.9 Å². The quantitative estimate of drug-likeness (QED) is 0.302. The van der Waals surface area contributed by atoms with Gasteiger partial charge < -0.3 is 35.1 Å². The van der Waals surface area contributed by atoms with E-state index in [1.807, 2.05) is 54.6 Å². The second-order valence-corrected chi connectivity index (χ2v) is 4.15. The Morgan fingerprint density at radius 2 is 1.48 bits per heavy atom. The molecule has 1 nitrogen and oxygen atoms in total. The Hall–Kier alpha value is -2.33. The van der Waals surface area contributed by atoms with Crippen LogP contribution in [0, 0.1) is 12.3 Å². The first kappa shape index (κ1) is 16.7. The van der Waals surface area contributed by atoms with Crippen LogP contribution in [0.2, 0.25) is 0 Å². The first-order chi connectivity index (χ1) is 9.83. The van der Waals surface area contributed by atoms with Gasteiger partial charge in [-0.2, -0.15) is 12.1 Å². The van der Waals surface area contributed by atoms with Crippen molar-refractivity contribution < 1.29 is 21.9 Å². The fourth-order valence-corrected chi connectivity index (χ4v) is 1.81. The summed E-state index contributed by atoms with van der Waals surface area (Å²) in [6, 6.07) is 24.4. The van der Waals surface area contributed by atoms with Crippen molar-refractivity contribution in [1.29, 1.82) is 0 Å². The van der Waals surface area contributed by atoms with Crippen LogP contribution < -0.4 is 0 Å². The van der Waals surface area contributed by atoms with Gasteiger partial charge in [0.25, 0.3) is 0 Å². The molecule has 2 heteroatoms. The van der Waals surface area contributed by atoms with Gasteiger partial charge in [-0.05, 0) is 11.1 Å². The SMILES string of the molecule is C#Cc1ccccc1C(=O)[c-]1cccc1.[Fe].[cH-]1[cH-][cH-][cH-][cH-]1. The van der Waals surface area contributed by atoms with Crippen LogP contribution in [-0.2, 0) is 17.1 Å². The molecule has 0 atom stereocenters. The number of hydrogen-bond donors (Lipinski definition) is 0. The molecule has 0 saturated heterocycles. The molecule has 0 unspecified atom stereocenters. The summed E-state index contributed by atoms with van der Waals surface area (Å²) >= 11 is 0. The predicted molar refractivity (Wildman–Crippen MR) is 81.9 cm³/mol. The fraction of sp³-hybridized carbons (Fsp3) is 0. The third kappa shape index (κ3) is 4.61. The Labute approximate surface area is 135 Å². The van der Waals surface area contributed by atoms with Crippen LogP contribution in [0.4, 0.5) is 0 Å². The fourth-order valence-electron chi connectivity index (χ4n) is 1.81. The zero-order valence-corrected chi connectivity index (χ0v) is 12.4.